The van der Waals surface area contributed by atoms with E-state index >= 15 is 0 Å². The molecule has 32 heavy (non-hydrogen) atoms. The highest BCUT2D eigenvalue weighted by atomic mass is 16.6. The van der Waals surface area contributed by atoms with Gasteiger partial charge in [0.15, 0.2) is 11.5 Å². The first kappa shape index (κ1) is 21.6. The third kappa shape index (κ3) is 4.97. The van der Waals surface area contributed by atoms with Crippen LogP contribution in [0.4, 0.5) is 5.69 Å². The Morgan fingerprint density at radius 2 is 1.84 bits per heavy atom. The van der Waals surface area contributed by atoms with Crippen molar-refractivity contribution in [2.45, 2.75) is 25.6 Å². The minimum absolute atomic E-state index is 0.0492. The van der Waals surface area contributed by atoms with Gasteiger partial charge in [-0.1, -0.05) is 30.3 Å². The number of nitrogens with zero attached hydrogens (tertiary/aromatic N) is 2. The van der Waals surface area contributed by atoms with Gasteiger partial charge in [-0.2, -0.15) is 0 Å². The van der Waals surface area contributed by atoms with Crippen molar-refractivity contribution in [2.75, 3.05) is 20.3 Å². The van der Waals surface area contributed by atoms with E-state index in [1.165, 1.54) is 13.2 Å². The summed E-state index contributed by atoms with van der Waals surface area (Å²) in [6.45, 7) is 1.50. The Hall–Kier alpha value is -3.65. The molecule has 0 bridgehead atoms. The van der Waals surface area contributed by atoms with Gasteiger partial charge in [0.05, 0.1) is 42.4 Å². The van der Waals surface area contributed by atoms with Gasteiger partial charge in [0.25, 0.3) is 5.69 Å². The van der Waals surface area contributed by atoms with Crippen LogP contribution < -0.4 is 14.2 Å². The molecule has 4 rings (SSSR count). The summed E-state index contributed by atoms with van der Waals surface area (Å²) >= 11 is 0. The summed E-state index contributed by atoms with van der Waals surface area (Å²) in [6.07, 6.45) is 3.05. The predicted octanol–water partition coefficient (Wildman–Crippen LogP) is 4.80. The number of hydrogen-bond donors (Lipinski definition) is 0. The highest BCUT2D eigenvalue weighted by molar-refractivity contribution is 5.80. The summed E-state index contributed by atoms with van der Waals surface area (Å²) in [5.74, 6) is 1.03. The van der Waals surface area contributed by atoms with Crippen molar-refractivity contribution in [1.82, 2.24) is 4.98 Å². The molecule has 0 spiro atoms. The van der Waals surface area contributed by atoms with Crippen molar-refractivity contribution in [3.63, 3.8) is 0 Å². The number of methoxy groups -OCH3 is 1. The molecule has 0 saturated carbocycles. The second-order valence-corrected chi connectivity index (χ2v) is 7.34. The van der Waals surface area contributed by atoms with Gasteiger partial charge in [-0.15, -0.1) is 0 Å². The average Bonchev–Trinajstić information content (AvgIpc) is 2.84. The SMILES string of the molecule is COc1cc(-c2cccnc2OC2CCOCC2)c([N+](=O)[O-])cc1OCc1ccccc1. The van der Waals surface area contributed by atoms with Crippen LogP contribution in [0.15, 0.2) is 60.8 Å². The number of hydrogen-bond acceptors (Lipinski definition) is 7. The molecule has 0 aliphatic carbocycles. The van der Waals surface area contributed by atoms with Crippen molar-refractivity contribution >= 4 is 5.69 Å². The number of ether oxygens (including phenoxy) is 4. The van der Waals surface area contributed by atoms with Crippen molar-refractivity contribution in [1.29, 1.82) is 0 Å². The lowest BCUT2D eigenvalue weighted by molar-refractivity contribution is -0.384. The Balaban J connectivity index is 1.69. The Labute approximate surface area is 185 Å². The number of nitro benzene ring substituents is 1. The van der Waals surface area contributed by atoms with Gasteiger partial charge in [0.2, 0.25) is 5.88 Å². The van der Waals surface area contributed by atoms with E-state index in [-0.39, 0.29) is 18.4 Å². The van der Waals surface area contributed by atoms with Crippen molar-refractivity contribution in [2.24, 2.45) is 0 Å². The Morgan fingerprint density at radius 3 is 2.56 bits per heavy atom. The predicted molar refractivity (Wildman–Crippen MR) is 118 cm³/mol. The molecule has 8 nitrogen and oxygen atoms in total. The fourth-order valence-electron chi connectivity index (χ4n) is 3.57. The lowest BCUT2D eigenvalue weighted by Crippen LogP contribution is -2.26. The average molecular weight is 436 g/mol. The summed E-state index contributed by atoms with van der Waals surface area (Å²) in [4.78, 5) is 15.9. The lowest BCUT2D eigenvalue weighted by Gasteiger charge is -2.23. The first-order chi connectivity index (χ1) is 15.7. The molecular formula is C24H24N2O6. The monoisotopic (exact) mass is 436 g/mol. The van der Waals surface area contributed by atoms with E-state index in [1.807, 2.05) is 30.3 Å². The molecule has 0 unspecified atom stereocenters. The highest BCUT2D eigenvalue weighted by Gasteiger charge is 2.25. The van der Waals surface area contributed by atoms with Crippen LogP contribution >= 0.6 is 0 Å². The number of aromatic nitrogens is 1. The van der Waals surface area contributed by atoms with Crippen LogP contribution in [0.25, 0.3) is 11.1 Å². The maximum atomic E-state index is 12.0. The molecule has 8 heteroatoms. The van der Waals surface area contributed by atoms with Crippen LogP contribution in [0.1, 0.15) is 18.4 Å². The van der Waals surface area contributed by atoms with E-state index in [9.17, 15) is 10.1 Å². The smallest absolute Gasteiger partial charge is 0.281 e. The topological polar surface area (TPSA) is 93.0 Å². The molecule has 1 fully saturated rings. The molecular weight excluding hydrogens is 412 g/mol. The van der Waals surface area contributed by atoms with Crippen LogP contribution in [-0.2, 0) is 11.3 Å². The maximum absolute atomic E-state index is 12.0. The number of pyridine rings is 1. The zero-order chi connectivity index (χ0) is 22.3. The van der Waals surface area contributed by atoms with Gasteiger partial charge >= 0.3 is 0 Å². The fraction of sp³-hybridized carbons (Fsp3) is 0.292. The van der Waals surface area contributed by atoms with Crippen molar-refractivity contribution < 1.29 is 23.9 Å². The molecule has 1 saturated heterocycles. The molecule has 1 aromatic heterocycles. The number of rotatable bonds is 8. The standard InChI is InChI=1S/C24H24N2O6/c1-29-22-14-20(19-8-5-11-25-24(19)32-18-9-12-30-13-10-18)21(26(27)28)15-23(22)31-16-17-6-3-2-4-7-17/h2-8,11,14-15,18H,9-10,12-13,16H2,1H3. The molecule has 0 radical (unpaired) electrons. The molecule has 1 aliphatic heterocycles. The van der Waals surface area contributed by atoms with Crippen molar-refractivity contribution in [3.05, 3.63) is 76.5 Å². The van der Waals surface area contributed by atoms with Gasteiger partial charge < -0.3 is 18.9 Å². The summed E-state index contributed by atoms with van der Waals surface area (Å²) in [6, 6.07) is 16.0. The molecule has 0 atom stereocenters. The van der Waals surface area contributed by atoms with Crippen molar-refractivity contribution in [3.8, 4) is 28.5 Å². The van der Waals surface area contributed by atoms with E-state index < -0.39 is 4.92 Å². The molecule has 0 N–H and O–H groups in total. The van der Waals surface area contributed by atoms with E-state index in [2.05, 4.69) is 4.98 Å². The first-order valence-corrected chi connectivity index (χ1v) is 10.4. The summed E-state index contributed by atoms with van der Waals surface area (Å²) in [5, 5.41) is 12.0. The van der Waals surface area contributed by atoms with E-state index in [4.69, 9.17) is 18.9 Å². The number of nitro groups is 1. The Bertz CT molecular complexity index is 1070. The molecule has 2 heterocycles. The van der Waals surface area contributed by atoms with E-state index in [0.717, 1.165) is 18.4 Å². The van der Waals surface area contributed by atoms with Crippen LogP contribution in [0.5, 0.6) is 17.4 Å². The van der Waals surface area contributed by atoms with Gasteiger partial charge in [-0.05, 0) is 23.8 Å². The molecule has 2 aromatic carbocycles. The maximum Gasteiger partial charge on any atom is 0.281 e. The second-order valence-electron chi connectivity index (χ2n) is 7.34. The van der Waals surface area contributed by atoms with Crippen LogP contribution in [-0.4, -0.2) is 36.3 Å². The zero-order valence-electron chi connectivity index (χ0n) is 17.7. The highest BCUT2D eigenvalue weighted by Crippen LogP contribution is 2.43. The zero-order valence-corrected chi connectivity index (χ0v) is 17.7. The molecule has 1 aliphatic rings. The molecule has 3 aromatic rings. The Kier molecular flexibility index (Phi) is 6.81. The minimum atomic E-state index is -0.435. The van der Waals surface area contributed by atoms with E-state index in [1.54, 1.807) is 24.4 Å². The fourth-order valence-corrected chi connectivity index (χ4v) is 3.57. The van der Waals surface area contributed by atoms with Gasteiger partial charge in [0.1, 0.15) is 12.7 Å². The third-order valence-corrected chi connectivity index (χ3v) is 5.22. The summed E-state index contributed by atoms with van der Waals surface area (Å²) in [7, 11) is 1.50. The molecule has 0 amide bonds. The molecule has 166 valence electrons. The minimum Gasteiger partial charge on any atom is -0.493 e. The van der Waals surface area contributed by atoms with Crippen LogP contribution in [0.3, 0.4) is 0 Å². The Morgan fingerprint density at radius 1 is 1.06 bits per heavy atom. The normalized spacial score (nSPS) is 14.0. The summed E-state index contributed by atoms with van der Waals surface area (Å²) in [5.41, 5.74) is 1.71. The van der Waals surface area contributed by atoms with E-state index in [0.29, 0.717) is 41.7 Å². The number of benzene rings is 2. The van der Waals surface area contributed by atoms with Gasteiger partial charge in [-0.3, -0.25) is 10.1 Å². The largest absolute Gasteiger partial charge is 0.493 e. The summed E-state index contributed by atoms with van der Waals surface area (Å²) < 4.78 is 22.8. The van der Waals surface area contributed by atoms with Gasteiger partial charge in [0, 0.05) is 19.0 Å². The quantitative estimate of drug-likeness (QED) is 0.370. The lowest BCUT2D eigenvalue weighted by atomic mass is 10.0. The van der Waals surface area contributed by atoms with Gasteiger partial charge in [-0.25, -0.2) is 4.98 Å². The first-order valence-electron chi connectivity index (χ1n) is 10.4. The van der Waals surface area contributed by atoms with Crippen LogP contribution in [0, 0.1) is 10.1 Å². The third-order valence-electron chi connectivity index (χ3n) is 5.22. The van der Waals surface area contributed by atoms with Crippen LogP contribution in [0.2, 0.25) is 0 Å². The second kappa shape index (κ2) is 10.1.